The molecule has 0 radical (unpaired) electrons. The van der Waals surface area contributed by atoms with E-state index in [9.17, 15) is 22.8 Å². The number of carbonyl (C=O) groups excluding carboxylic acids is 2. The Kier molecular flexibility index (Phi) is 3.34. The summed E-state index contributed by atoms with van der Waals surface area (Å²) in [5.41, 5.74) is -2.22. The van der Waals surface area contributed by atoms with E-state index in [1.165, 1.54) is 6.07 Å². The third-order valence-electron chi connectivity index (χ3n) is 3.43. The van der Waals surface area contributed by atoms with Gasteiger partial charge in [0.1, 0.15) is 5.82 Å². The molecule has 0 saturated heterocycles. The van der Waals surface area contributed by atoms with E-state index in [1.54, 1.807) is 0 Å². The fourth-order valence-corrected chi connectivity index (χ4v) is 2.34. The number of esters is 1. The van der Waals surface area contributed by atoms with Crippen LogP contribution in [0.15, 0.2) is 18.2 Å². The molecule has 6 heteroatoms. The maximum atomic E-state index is 13.2. The number of carbonyl (C=O) groups is 2. The molecule has 0 saturated carbocycles. The van der Waals surface area contributed by atoms with Crippen LogP contribution in [-0.2, 0) is 16.0 Å². The molecule has 1 atom stereocenters. The zero-order valence-corrected chi connectivity index (χ0v) is 10.1. The smallest absolute Gasteiger partial charge is 0.325 e. The van der Waals surface area contributed by atoms with Gasteiger partial charge in [-0.15, -0.1) is 0 Å². The average molecular weight is 272 g/mol. The van der Waals surface area contributed by atoms with Gasteiger partial charge in [-0.3, -0.25) is 9.59 Å². The lowest BCUT2D eigenvalue weighted by Crippen LogP contribution is -2.49. The summed E-state index contributed by atoms with van der Waals surface area (Å²) in [5.74, 6) is -3.06. The summed E-state index contributed by atoms with van der Waals surface area (Å²) < 4.78 is 44.0. The number of alkyl halides is 2. The largest absolute Gasteiger partial charge is 0.468 e. The van der Waals surface area contributed by atoms with Crippen molar-refractivity contribution >= 4 is 11.8 Å². The molecular weight excluding hydrogens is 261 g/mol. The van der Waals surface area contributed by atoms with Gasteiger partial charge in [-0.25, -0.2) is 13.2 Å². The van der Waals surface area contributed by atoms with E-state index in [2.05, 4.69) is 4.74 Å². The lowest BCUT2D eigenvalue weighted by atomic mass is 9.70. The van der Waals surface area contributed by atoms with E-state index in [4.69, 9.17) is 0 Å². The van der Waals surface area contributed by atoms with Crippen molar-refractivity contribution < 1.29 is 27.5 Å². The molecule has 1 aromatic rings. The van der Waals surface area contributed by atoms with Crippen LogP contribution in [0, 0.1) is 11.2 Å². The molecule has 1 aliphatic rings. The molecule has 0 aromatic heterocycles. The minimum atomic E-state index is -3.19. The highest BCUT2D eigenvalue weighted by atomic mass is 19.3. The first-order valence-corrected chi connectivity index (χ1v) is 5.63. The van der Waals surface area contributed by atoms with Gasteiger partial charge in [0.25, 0.3) is 6.43 Å². The number of benzene rings is 1. The minimum absolute atomic E-state index is 0.0980. The monoisotopic (exact) mass is 272 g/mol. The highest BCUT2D eigenvalue weighted by molar-refractivity contribution is 6.14. The Labute approximate surface area is 107 Å². The van der Waals surface area contributed by atoms with Gasteiger partial charge < -0.3 is 4.74 Å². The Hall–Kier alpha value is -1.85. The summed E-state index contributed by atoms with van der Waals surface area (Å²) in [6.45, 7) is 0. The van der Waals surface area contributed by atoms with Crippen molar-refractivity contribution in [3.8, 4) is 0 Å². The standard InChI is InChI=1S/C13H11F3O3/c1-19-12(18)13(11(15)16)5-4-7-2-3-8(14)6-9(7)10(13)17/h2-3,6,11H,4-5H2,1H3. The summed E-state index contributed by atoms with van der Waals surface area (Å²) in [4.78, 5) is 23.8. The molecule has 0 amide bonds. The van der Waals surface area contributed by atoms with Crippen molar-refractivity contribution in [1.82, 2.24) is 0 Å². The average Bonchev–Trinajstić information content (AvgIpc) is 2.39. The lowest BCUT2D eigenvalue weighted by molar-refractivity contribution is -0.158. The van der Waals surface area contributed by atoms with Crippen molar-refractivity contribution in [3.05, 3.63) is 35.1 Å². The highest BCUT2D eigenvalue weighted by Gasteiger charge is 2.57. The maximum absolute atomic E-state index is 13.2. The fourth-order valence-electron chi connectivity index (χ4n) is 2.34. The molecule has 102 valence electrons. The normalized spacial score (nSPS) is 22.3. The van der Waals surface area contributed by atoms with E-state index in [0.717, 1.165) is 19.2 Å². The maximum Gasteiger partial charge on any atom is 0.325 e. The zero-order valence-electron chi connectivity index (χ0n) is 10.1. The number of rotatable bonds is 2. The van der Waals surface area contributed by atoms with E-state index in [0.29, 0.717) is 5.56 Å². The quantitative estimate of drug-likeness (QED) is 0.613. The van der Waals surface area contributed by atoms with Gasteiger partial charge in [0.05, 0.1) is 7.11 Å². The van der Waals surface area contributed by atoms with Gasteiger partial charge in [-0.05, 0) is 30.5 Å². The Morgan fingerprint density at radius 1 is 1.42 bits per heavy atom. The third-order valence-corrected chi connectivity index (χ3v) is 3.43. The first kappa shape index (κ1) is 13.6. The number of hydrogen-bond donors (Lipinski definition) is 0. The van der Waals surface area contributed by atoms with Gasteiger partial charge in [0, 0.05) is 5.56 Å². The minimum Gasteiger partial charge on any atom is -0.468 e. The SMILES string of the molecule is COC(=O)C1(C(F)F)CCc2ccc(F)cc2C1=O. The van der Waals surface area contributed by atoms with E-state index >= 15 is 0 Å². The van der Waals surface area contributed by atoms with Crippen molar-refractivity contribution in [1.29, 1.82) is 0 Å². The molecule has 0 aliphatic heterocycles. The van der Waals surface area contributed by atoms with E-state index in [1.807, 2.05) is 0 Å². The Balaban J connectivity index is 2.57. The molecule has 19 heavy (non-hydrogen) atoms. The summed E-state index contributed by atoms with van der Waals surface area (Å²) in [6.07, 6.45) is -3.43. The summed E-state index contributed by atoms with van der Waals surface area (Å²) in [5, 5.41) is 0. The molecule has 1 unspecified atom stereocenters. The number of aryl methyl sites for hydroxylation is 1. The van der Waals surface area contributed by atoms with Crippen LogP contribution < -0.4 is 0 Å². The van der Waals surface area contributed by atoms with Crippen LogP contribution in [0.25, 0.3) is 0 Å². The number of Topliss-reactive ketones (excluding diaryl/α,β-unsaturated/α-hetero) is 1. The first-order chi connectivity index (χ1) is 8.93. The number of halogens is 3. The molecule has 1 aromatic carbocycles. The molecule has 0 N–H and O–H groups in total. The van der Waals surface area contributed by atoms with Crippen molar-refractivity contribution in [2.24, 2.45) is 5.41 Å². The van der Waals surface area contributed by atoms with Crippen LogP contribution in [0.3, 0.4) is 0 Å². The topological polar surface area (TPSA) is 43.4 Å². The Morgan fingerprint density at radius 3 is 2.68 bits per heavy atom. The number of ether oxygens (including phenoxy) is 1. The Bertz CT molecular complexity index is 542. The predicted molar refractivity (Wildman–Crippen MR) is 59.5 cm³/mol. The Morgan fingerprint density at radius 2 is 2.11 bits per heavy atom. The second kappa shape index (κ2) is 4.68. The van der Waals surface area contributed by atoms with Crippen LogP contribution in [-0.4, -0.2) is 25.3 Å². The summed E-state index contributed by atoms with van der Waals surface area (Å²) in [6, 6.07) is 3.41. The molecule has 0 bridgehead atoms. The first-order valence-electron chi connectivity index (χ1n) is 5.63. The van der Waals surface area contributed by atoms with Gasteiger partial charge in [-0.2, -0.15) is 0 Å². The fraction of sp³-hybridized carbons (Fsp3) is 0.385. The molecule has 0 heterocycles. The van der Waals surface area contributed by atoms with E-state index in [-0.39, 0.29) is 18.4 Å². The van der Waals surface area contributed by atoms with Gasteiger partial charge in [0.15, 0.2) is 11.2 Å². The molecule has 0 spiro atoms. The molecule has 1 aliphatic carbocycles. The van der Waals surface area contributed by atoms with Crippen LogP contribution >= 0.6 is 0 Å². The van der Waals surface area contributed by atoms with Crippen LogP contribution in [0.1, 0.15) is 22.3 Å². The number of fused-ring (bicyclic) bond motifs is 1. The van der Waals surface area contributed by atoms with Crippen LogP contribution in [0.2, 0.25) is 0 Å². The number of hydrogen-bond acceptors (Lipinski definition) is 3. The number of methoxy groups -OCH3 is 1. The van der Waals surface area contributed by atoms with Crippen molar-refractivity contribution in [2.75, 3.05) is 7.11 Å². The predicted octanol–water partition coefficient (Wildman–Crippen LogP) is 2.38. The second-order valence-corrected chi connectivity index (χ2v) is 4.39. The van der Waals surface area contributed by atoms with Gasteiger partial charge in [0.2, 0.25) is 0 Å². The third kappa shape index (κ3) is 1.91. The van der Waals surface area contributed by atoms with E-state index < -0.39 is 29.4 Å². The number of ketones is 1. The van der Waals surface area contributed by atoms with Crippen LogP contribution in [0.4, 0.5) is 13.2 Å². The highest BCUT2D eigenvalue weighted by Crippen LogP contribution is 2.41. The van der Waals surface area contributed by atoms with Gasteiger partial charge in [-0.1, -0.05) is 6.07 Å². The van der Waals surface area contributed by atoms with Crippen molar-refractivity contribution in [3.63, 3.8) is 0 Å². The summed E-state index contributed by atoms with van der Waals surface area (Å²) in [7, 11) is 0.945. The summed E-state index contributed by atoms with van der Waals surface area (Å²) >= 11 is 0. The molecule has 2 rings (SSSR count). The second-order valence-electron chi connectivity index (χ2n) is 4.39. The molecular formula is C13H11F3O3. The molecule has 0 fully saturated rings. The zero-order chi connectivity index (χ0) is 14.2. The molecule has 3 nitrogen and oxygen atoms in total. The van der Waals surface area contributed by atoms with Crippen LogP contribution in [0.5, 0.6) is 0 Å². The van der Waals surface area contributed by atoms with Gasteiger partial charge >= 0.3 is 5.97 Å². The lowest BCUT2D eigenvalue weighted by Gasteiger charge is -2.33. The van der Waals surface area contributed by atoms with Crippen molar-refractivity contribution in [2.45, 2.75) is 19.3 Å².